The molecule has 0 radical (unpaired) electrons. The zero-order valence-corrected chi connectivity index (χ0v) is 16.8. The minimum atomic E-state index is 0.127. The SMILES string of the molecule is CCc1cc(N2CCCC3(CCC(=O)N(Cc4cnc(C)cn4)C3)C2)ncn1. The van der Waals surface area contributed by atoms with Crippen LogP contribution in [0, 0.1) is 12.3 Å². The summed E-state index contributed by atoms with van der Waals surface area (Å²) in [6.07, 6.45) is 9.96. The lowest BCUT2D eigenvalue weighted by Crippen LogP contribution is -2.54. The van der Waals surface area contributed by atoms with Crippen molar-refractivity contribution in [2.24, 2.45) is 5.41 Å². The van der Waals surface area contributed by atoms with E-state index in [1.54, 1.807) is 18.7 Å². The van der Waals surface area contributed by atoms with Crippen LogP contribution in [-0.2, 0) is 17.8 Å². The van der Waals surface area contributed by atoms with Gasteiger partial charge < -0.3 is 9.80 Å². The fourth-order valence-corrected chi connectivity index (χ4v) is 4.43. The van der Waals surface area contributed by atoms with E-state index < -0.39 is 0 Å². The second kappa shape index (κ2) is 7.81. The van der Waals surface area contributed by atoms with Crippen molar-refractivity contribution >= 4 is 11.7 Å². The molecule has 2 aliphatic heterocycles. The smallest absolute Gasteiger partial charge is 0.222 e. The van der Waals surface area contributed by atoms with Gasteiger partial charge in [-0.2, -0.15) is 0 Å². The van der Waals surface area contributed by atoms with Crippen LogP contribution in [0.5, 0.6) is 0 Å². The lowest BCUT2D eigenvalue weighted by Gasteiger charge is -2.48. The maximum atomic E-state index is 12.6. The first-order valence-corrected chi connectivity index (χ1v) is 10.2. The number of aryl methyl sites for hydroxylation is 2. The standard InChI is InChI=1S/C21H28N6O/c1-3-17-9-19(25-15-24-17)26-8-4-6-21(13-26)7-5-20(28)27(14-21)12-18-11-22-16(2)10-23-18/h9-11,15H,3-8,12-14H2,1-2H3. The number of hydrogen-bond donors (Lipinski definition) is 0. The van der Waals surface area contributed by atoms with Crippen LogP contribution in [0.15, 0.2) is 24.8 Å². The number of amides is 1. The summed E-state index contributed by atoms with van der Waals surface area (Å²) in [7, 11) is 0. The minimum Gasteiger partial charge on any atom is -0.356 e. The third-order valence-electron chi connectivity index (χ3n) is 5.99. The second-order valence-electron chi connectivity index (χ2n) is 8.15. The Balaban J connectivity index is 1.49. The van der Waals surface area contributed by atoms with Gasteiger partial charge in [0, 0.05) is 49.4 Å². The molecule has 2 aromatic heterocycles. The Hall–Kier alpha value is -2.57. The predicted molar refractivity (Wildman–Crippen MR) is 107 cm³/mol. The van der Waals surface area contributed by atoms with Crippen molar-refractivity contribution in [1.29, 1.82) is 0 Å². The van der Waals surface area contributed by atoms with Crippen molar-refractivity contribution in [3.05, 3.63) is 41.9 Å². The molecule has 0 aliphatic carbocycles. The molecule has 4 rings (SSSR count). The second-order valence-corrected chi connectivity index (χ2v) is 8.15. The van der Waals surface area contributed by atoms with E-state index in [1.807, 2.05) is 11.8 Å². The van der Waals surface area contributed by atoms with E-state index >= 15 is 0 Å². The summed E-state index contributed by atoms with van der Waals surface area (Å²) >= 11 is 0. The Labute approximate surface area is 166 Å². The van der Waals surface area contributed by atoms with Gasteiger partial charge in [-0.05, 0) is 32.6 Å². The van der Waals surface area contributed by atoms with Crippen LogP contribution < -0.4 is 4.90 Å². The molecule has 28 heavy (non-hydrogen) atoms. The average Bonchev–Trinajstić information content (AvgIpc) is 2.73. The Morgan fingerprint density at radius 1 is 1.07 bits per heavy atom. The number of likely N-dealkylation sites (tertiary alicyclic amines) is 1. The Bertz CT molecular complexity index is 839. The third kappa shape index (κ3) is 3.98. The Morgan fingerprint density at radius 2 is 1.96 bits per heavy atom. The number of carbonyl (C=O) groups excluding carboxylic acids is 1. The van der Waals surface area contributed by atoms with E-state index in [0.29, 0.717) is 13.0 Å². The molecule has 4 heterocycles. The number of carbonyl (C=O) groups is 1. The molecule has 2 fully saturated rings. The van der Waals surface area contributed by atoms with Crippen LogP contribution in [0.25, 0.3) is 0 Å². The van der Waals surface area contributed by atoms with Gasteiger partial charge in [-0.1, -0.05) is 6.92 Å². The number of anilines is 1. The number of aromatic nitrogens is 4. The highest BCUT2D eigenvalue weighted by atomic mass is 16.2. The normalized spacial score (nSPS) is 22.7. The molecule has 1 atom stereocenters. The van der Waals surface area contributed by atoms with Gasteiger partial charge in [-0.15, -0.1) is 0 Å². The van der Waals surface area contributed by atoms with Crippen LogP contribution in [0.3, 0.4) is 0 Å². The molecule has 7 nitrogen and oxygen atoms in total. The van der Waals surface area contributed by atoms with Crippen molar-refractivity contribution in [2.75, 3.05) is 24.5 Å². The monoisotopic (exact) mass is 380 g/mol. The summed E-state index contributed by atoms with van der Waals surface area (Å²) in [5.41, 5.74) is 2.95. The van der Waals surface area contributed by atoms with E-state index in [4.69, 9.17) is 0 Å². The van der Waals surface area contributed by atoms with Gasteiger partial charge in [0.15, 0.2) is 0 Å². The molecule has 0 aromatic carbocycles. The lowest BCUT2D eigenvalue weighted by atomic mass is 9.73. The number of piperidine rings is 2. The van der Waals surface area contributed by atoms with Crippen molar-refractivity contribution < 1.29 is 4.79 Å². The topological polar surface area (TPSA) is 75.1 Å². The summed E-state index contributed by atoms with van der Waals surface area (Å²) in [4.78, 5) is 34.5. The summed E-state index contributed by atoms with van der Waals surface area (Å²) in [6, 6.07) is 2.10. The molecular weight excluding hydrogens is 352 g/mol. The van der Waals surface area contributed by atoms with Gasteiger partial charge in [0.1, 0.15) is 12.1 Å². The van der Waals surface area contributed by atoms with Gasteiger partial charge in [0.25, 0.3) is 0 Å². The van der Waals surface area contributed by atoms with Crippen LogP contribution in [-0.4, -0.2) is 50.4 Å². The van der Waals surface area contributed by atoms with E-state index in [9.17, 15) is 4.79 Å². The van der Waals surface area contributed by atoms with E-state index in [-0.39, 0.29) is 11.3 Å². The van der Waals surface area contributed by atoms with Gasteiger partial charge in [-0.25, -0.2) is 9.97 Å². The Kier molecular flexibility index (Phi) is 5.24. The molecule has 7 heteroatoms. The highest BCUT2D eigenvalue weighted by molar-refractivity contribution is 5.77. The van der Waals surface area contributed by atoms with Crippen LogP contribution in [0.4, 0.5) is 5.82 Å². The van der Waals surface area contributed by atoms with Crippen LogP contribution in [0.2, 0.25) is 0 Å². The zero-order chi connectivity index (χ0) is 19.6. The molecule has 0 saturated carbocycles. The molecule has 1 amide bonds. The Morgan fingerprint density at radius 3 is 2.75 bits per heavy atom. The molecular formula is C21H28N6O. The molecule has 2 aliphatic rings. The van der Waals surface area contributed by atoms with Gasteiger partial charge in [-0.3, -0.25) is 14.8 Å². The van der Waals surface area contributed by atoms with E-state index in [1.165, 1.54) is 0 Å². The first kappa shape index (κ1) is 18.8. The first-order valence-electron chi connectivity index (χ1n) is 10.2. The molecule has 0 N–H and O–H groups in total. The predicted octanol–water partition coefficient (Wildman–Crippen LogP) is 2.55. The maximum absolute atomic E-state index is 12.6. The van der Waals surface area contributed by atoms with Crippen molar-refractivity contribution in [2.45, 2.75) is 52.5 Å². The summed E-state index contributed by atoms with van der Waals surface area (Å²) in [5.74, 6) is 1.24. The summed E-state index contributed by atoms with van der Waals surface area (Å²) in [6.45, 7) is 7.31. The van der Waals surface area contributed by atoms with E-state index in [2.05, 4.69) is 37.8 Å². The summed E-state index contributed by atoms with van der Waals surface area (Å²) in [5, 5.41) is 0. The molecule has 2 aromatic rings. The lowest BCUT2D eigenvalue weighted by molar-refractivity contribution is -0.138. The molecule has 0 bridgehead atoms. The maximum Gasteiger partial charge on any atom is 0.222 e. The van der Waals surface area contributed by atoms with Crippen LogP contribution in [0.1, 0.15) is 49.7 Å². The fourth-order valence-electron chi connectivity index (χ4n) is 4.43. The molecule has 1 spiro atoms. The highest BCUT2D eigenvalue weighted by Crippen LogP contribution is 2.40. The van der Waals surface area contributed by atoms with Gasteiger partial charge in [0.2, 0.25) is 5.91 Å². The zero-order valence-electron chi connectivity index (χ0n) is 16.8. The number of hydrogen-bond acceptors (Lipinski definition) is 6. The van der Waals surface area contributed by atoms with Gasteiger partial charge >= 0.3 is 0 Å². The molecule has 1 unspecified atom stereocenters. The van der Waals surface area contributed by atoms with Crippen molar-refractivity contribution in [1.82, 2.24) is 24.8 Å². The average molecular weight is 380 g/mol. The van der Waals surface area contributed by atoms with Gasteiger partial charge in [0.05, 0.1) is 24.1 Å². The largest absolute Gasteiger partial charge is 0.356 e. The quantitative estimate of drug-likeness (QED) is 0.811. The van der Waals surface area contributed by atoms with Crippen LogP contribution >= 0.6 is 0 Å². The molecule has 2 saturated heterocycles. The van der Waals surface area contributed by atoms with Crippen molar-refractivity contribution in [3.63, 3.8) is 0 Å². The minimum absolute atomic E-state index is 0.127. The molecule has 148 valence electrons. The summed E-state index contributed by atoms with van der Waals surface area (Å²) < 4.78 is 0. The fraction of sp³-hybridized carbons (Fsp3) is 0.571. The highest BCUT2D eigenvalue weighted by Gasteiger charge is 2.42. The number of nitrogens with zero attached hydrogens (tertiary/aromatic N) is 6. The number of rotatable bonds is 4. The first-order chi connectivity index (χ1) is 13.6. The van der Waals surface area contributed by atoms with E-state index in [0.717, 1.165) is 68.2 Å². The third-order valence-corrected chi connectivity index (χ3v) is 5.99. The van der Waals surface area contributed by atoms with Crippen molar-refractivity contribution in [3.8, 4) is 0 Å².